The molecule has 2 aromatic heterocycles. The fourth-order valence-electron chi connectivity index (χ4n) is 1.81. The van der Waals surface area contributed by atoms with Crippen molar-refractivity contribution in [2.24, 2.45) is 0 Å². The molecule has 0 saturated heterocycles. The Morgan fingerprint density at radius 3 is 2.94 bits per heavy atom. The van der Waals surface area contributed by atoms with E-state index >= 15 is 0 Å². The van der Waals surface area contributed by atoms with Gasteiger partial charge in [0.1, 0.15) is 4.88 Å². The first kappa shape index (κ1) is 11.7. The summed E-state index contributed by atoms with van der Waals surface area (Å²) in [5.74, 6) is -0.898. The van der Waals surface area contributed by atoms with Crippen molar-refractivity contribution in [3.05, 3.63) is 33.5 Å². The van der Waals surface area contributed by atoms with Gasteiger partial charge in [-0.1, -0.05) is 17.4 Å². The molecule has 0 aromatic carbocycles. The van der Waals surface area contributed by atoms with Gasteiger partial charge in [0.05, 0.1) is 12.7 Å². The number of hydrogen-bond acceptors (Lipinski definition) is 5. The Labute approximate surface area is 113 Å². The molecule has 0 spiro atoms. The average Bonchev–Trinajstić information content (AvgIpc) is 2.88. The Hall–Kier alpha value is -1.40. The number of thiazole rings is 1. The minimum Gasteiger partial charge on any atom is -0.477 e. The maximum absolute atomic E-state index is 10.9. The van der Waals surface area contributed by atoms with E-state index in [2.05, 4.69) is 21.3 Å². The van der Waals surface area contributed by atoms with Gasteiger partial charge >= 0.3 is 5.97 Å². The Kier molecular flexibility index (Phi) is 3.05. The molecule has 1 saturated carbocycles. The second kappa shape index (κ2) is 4.70. The molecule has 0 bridgehead atoms. The number of carboxylic acid groups (broad SMARTS) is 1. The van der Waals surface area contributed by atoms with Gasteiger partial charge in [0.25, 0.3) is 0 Å². The number of nitrogens with zero attached hydrogens (tertiary/aromatic N) is 2. The van der Waals surface area contributed by atoms with E-state index in [1.165, 1.54) is 35.3 Å². The molecule has 0 unspecified atom stereocenters. The van der Waals surface area contributed by atoms with Crippen molar-refractivity contribution < 1.29 is 9.90 Å². The fraction of sp³-hybridized carbons (Fsp3) is 0.333. The number of anilines is 1. The van der Waals surface area contributed by atoms with Crippen LogP contribution in [0.2, 0.25) is 0 Å². The lowest BCUT2D eigenvalue weighted by Gasteiger charge is -2.20. The smallest absolute Gasteiger partial charge is 0.347 e. The van der Waals surface area contributed by atoms with Crippen LogP contribution in [-0.4, -0.2) is 22.1 Å². The monoisotopic (exact) mass is 280 g/mol. The molecule has 3 rings (SSSR count). The van der Waals surface area contributed by atoms with Gasteiger partial charge < -0.3 is 10.0 Å². The van der Waals surface area contributed by atoms with Crippen LogP contribution in [0.4, 0.5) is 5.13 Å². The average molecular weight is 280 g/mol. The van der Waals surface area contributed by atoms with Gasteiger partial charge in [-0.25, -0.2) is 9.78 Å². The van der Waals surface area contributed by atoms with Crippen molar-refractivity contribution in [1.29, 1.82) is 0 Å². The van der Waals surface area contributed by atoms with Crippen LogP contribution >= 0.6 is 22.7 Å². The van der Waals surface area contributed by atoms with Crippen molar-refractivity contribution in [3.63, 3.8) is 0 Å². The summed E-state index contributed by atoms with van der Waals surface area (Å²) in [6.07, 6.45) is 3.80. The van der Waals surface area contributed by atoms with Crippen LogP contribution in [0.25, 0.3) is 0 Å². The summed E-state index contributed by atoms with van der Waals surface area (Å²) >= 11 is 2.98. The number of rotatable bonds is 5. The van der Waals surface area contributed by atoms with Crippen molar-refractivity contribution in [2.75, 3.05) is 4.90 Å². The molecule has 2 heterocycles. The Bertz CT molecular complexity index is 546. The van der Waals surface area contributed by atoms with Gasteiger partial charge in [0.2, 0.25) is 0 Å². The summed E-state index contributed by atoms with van der Waals surface area (Å²) in [5.41, 5.74) is 0. The Morgan fingerprint density at radius 1 is 1.56 bits per heavy atom. The lowest BCUT2D eigenvalue weighted by atomic mass is 10.4. The summed E-state index contributed by atoms with van der Waals surface area (Å²) in [6, 6.07) is 4.67. The molecule has 1 aliphatic carbocycles. The zero-order valence-electron chi connectivity index (χ0n) is 9.57. The minimum absolute atomic E-state index is 0.307. The van der Waals surface area contributed by atoms with Gasteiger partial charge in [-0.3, -0.25) is 0 Å². The van der Waals surface area contributed by atoms with Crippen molar-refractivity contribution in [2.45, 2.75) is 25.4 Å². The molecule has 1 N–H and O–H groups in total. The highest BCUT2D eigenvalue weighted by atomic mass is 32.1. The van der Waals surface area contributed by atoms with Gasteiger partial charge in [-0.2, -0.15) is 0 Å². The zero-order valence-corrected chi connectivity index (χ0v) is 11.2. The quantitative estimate of drug-likeness (QED) is 0.914. The molecule has 6 heteroatoms. The molecule has 1 aliphatic rings. The first-order chi connectivity index (χ1) is 8.74. The lowest BCUT2D eigenvalue weighted by Crippen LogP contribution is -2.24. The van der Waals surface area contributed by atoms with E-state index in [-0.39, 0.29) is 0 Å². The number of carboxylic acids is 1. The molecule has 94 valence electrons. The maximum Gasteiger partial charge on any atom is 0.347 e. The first-order valence-electron chi connectivity index (χ1n) is 5.72. The van der Waals surface area contributed by atoms with Gasteiger partial charge in [-0.05, 0) is 24.3 Å². The van der Waals surface area contributed by atoms with Crippen molar-refractivity contribution in [3.8, 4) is 0 Å². The summed E-state index contributed by atoms with van der Waals surface area (Å²) in [5, 5.41) is 11.8. The van der Waals surface area contributed by atoms with Crippen LogP contribution in [0.5, 0.6) is 0 Å². The van der Waals surface area contributed by atoms with Crippen LogP contribution < -0.4 is 4.90 Å². The molecular formula is C12H12N2O2S2. The summed E-state index contributed by atoms with van der Waals surface area (Å²) in [7, 11) is 0. The molecule has 0 atom stereocenters. The number of aromatic nitrogens is 1. The second-order valence-corrected chi connectivity index (χ2v) is 6.29. The molecule has 0 radical (unpaired) electrons. The van der Waals surface area contributed by atoms with Crippen LogP contribution in [0.1, 0.15) is 27.4 Å². The van der Waals surface area contributed by atoms with Crippen LogP contribution in [-0.2, 0) is 6.54 Å². The molecule has 2 aromatic rings. The van der Waals surface area contributed by atoms with E-state index in [1.807, 2.05) is 6.07 Å². The number of thiophene rings is 1. The fourth-order valence-corrected chi connectivity index (χ4v) is 3.33. The second-order valence-electron chi connectivity index (χ2n) is 4.25. The highest BCUT2D eigenvalue weighted by molar-refractivity contribution is 7.17. The van der Waals surface area contributed by atoms with Gasteiger partial charge in [0.15, 0.2) is 5.13 Å². The normalized spacial score (nSPS) is 14.7. The van der Waals surface area contributed by atoms with Crippen LogP contribution in [0.3, 0.4) is 0 Å². The topological polar surface area (TPSA) is 53.4 Å². The predicted molar refractivity (Wildman–Crippen MR) is 72.6 cm³/mol. The third-order valence-electron chi connectivity index (χ3n) is 2.84. The van der Waals surface area contributed by atoms with E-state index in [9.17, 15) is 4.79 Å². The largest absolute Gasteiger partial charge is 0.477 e. The maximum atomic E-state index is 10.9. The van der Waals surface area contributed by atoms with Crippen molar-refractivity contribution in [1.82, 2.24) is 4.98 Å². The predicted octanol–water partition coefficient (Wildman–Crippen LogP) is 3.07. The summed E-state index contributed by atoms with van der Waals surface area (Å²) in [4.78, 5) is 19.0. The van der Waals surface area contributed by atoms with E-state index in [4.69, 9.17) is 5.11 Å². The third-order valence-corrected chi connectivity index (χ3v) is 4.73. The number of hydrogen-bond donors (Lipinski definition) is 1. The van der Waals surface area contributed by atoms with Crippen molar-refractivity contribution >= 4 is 33.8 Å². The zero-order chi connectivity index (χ0) is 12.5. The van der Waals surface area contributed by atoms with E-state index in [0.29, 0.717) is 10.9 Å². The minimum atomic E-state index is -0.898. The van der Waals surface area contributed by atoms with E-state index in [0.717, 1.165) is 11.7 Å². The lowest BCUT2D eigenvalue weighted by molar-refractivity contribution is 0.0702. The number of carbonyl (C=O) groups is 1. The summed E-state index contributed by atoms with van der Waals surface area (Å²) in [6.45, 7) is 0.828. The Morgan fingerprint density at radius 2 is 2.39 bits per heavy atom. The molecule has 4 nitrogen and oxygen atoms in total. The van der Waals surface area contributed by atoms with Gasteiger partial charge in [-0.15, -0.1) is 11.3 Å². The van der Waals surface area contributed by atoms with E-state index < -0.39 is 5.97 Å². The van der Waals surface area contributed by atoms with Gasteiger partial charge in [0, 0.05) is 10.9 Å². The van der Waals surface area contributed by atoms with Crippen LogP contribution in [0, 0.1) is 0 Å². The third kappa shape index (κ3) is 2.39. The van der Waals surface area contributed by atoms with E-state index in [1.54, 1.807) is 11.3 Å². The van der Waals surface area contributed by atoms with Crippen LogP contribution in [0.15, 0.2) is 23.7 Å². The molecule has 0 amide bonds. The first-order valence-corrected chi connectivity index (χ1v) is 7.42. The Balaban J connectivity index is 1.82. The standard InChI is InChI=1S/C12H12N2O2S2/c15-11(16)10-6-13-12(18-10)14(8-3-4-8)7-9-2-1-5-17-9/h1-2,5-6,8H,3-4,7H2,(H,15,16). The summed E-state index contributed by atoms with van der Waals surface area (Å²) < 4.78 is 0. The highest BCUT2D eigenvalue weighted by Crippen LogP contribution is 2.35. The number of aromatic carboxylic acids is 1. The molecule has 18 heavy (non-hydrogen) atoms. The molecule has 0 aliphatic heterocycles. The molecular weight excluding hydrogens is 268 g/mol. The SMILES string of the molecule is O=C(O)c1cnc(N(Cc2cccs2)C2CC2)s1. The highest BCUT2D eigenvalue weighted by Gasteiger charge is 2.31. The molecule has 1 fully saturated rings.